The maximum absolute atomic E-state index is 5.85. The van der Waals surface area contributed by atoms with Gasteiger partial charge in [-0.15, -0.1) is 0 Å². The summed E-state index contributed by atoms with van der Waals surface area (Å²) in [6.07, 6.45) is 1.24. The second-order valence-electron chi connectivity index (χ2n) is 4.24. The lowest BCUT2D eigenvalue weighted by Crippen LogP contribution is -2.15. The first-order valence-electron chi connectivity index (χ1n) is 5.20. The molecule has 0 radical (unpaired) electrons. The average Bonchev–Trinajstić information content (AvgIpc) is 2.08. The van der Waals surface area contributed by atoms with Crippen LogP contribution in [0.4, 0.5) is 5.69 Å². The number of hydrogen-bond donors (Lipinski definition) is 1. The minimum atomic E-state index is 0.202. The largest absolute Gasteiger partial charge is 0.489 e. The van der Waals surface area contributed by atoms with Crippen LogP contribution in [0, 0.1) is 5.92 Å². The number of nitrogen functional groups attached to an aromatic ring is 1. The van der Waals surface area contributed by atoms with E-state index in [1.54, 1.807) is 0 Å². The van der Waals surface area contributed by atoms with Crippen LogP contribution in [0.15, 0.2) is 22.7 Å². The standard InChI is InChI=1S/C12H18BrNO/c1-8(2)6-9(3)15-12-5-4-10(13)7-11(12)14/h4-5,7-9H,6,14H2,1-3H3. The van der Waals surface area contributed by atoms with Gasteiger partial charge in [-0.3, -0.25) is 0 Å². The average molecular weight is 272 g/mol. The summed E-state index contributed by atoms with van der Waals surface area (Å²) in [4.78, 5) is 0. The van der Waals surface area contributed by atoms with Crippen LogP contribution in [0.5, 0.6) is 5.75 Å². The number of hydrogen-bond acceptors (Lipinski definition) is 2. The van der Waals surface area contributed by atoms with Crippen LogP contribution in [0.2, 0.25) is 0 Å². The molecule has 0 fully saturated rings. The maximum Gasteiger partial charge on any atom is 0.142 e. The van der Waals surface area contributed by atoms with E-state index in [4.69, 9.17) is 10.5 Å². The molecule has 0 saturated carbocycles. The molecule has 0 spiro atoms. The van der Waals surface area contributed by atoms with Gasteiger partial charge in [-0.1, -0.05) is 29.8 Å². The van der Waals surface area contributed by atoms with Crippen molar-refractivity contribution in [3.8, 4) is 5.75 Å². The number of ether oxygens (including phenoxy) is 1. The Morgan fingerprint density at radius 3 is 2.53 bits per heavy atom. The Balaban J connectivity index is 2.64. The molecule has 84 valence electrons. The summed E-state index contributed by atoms with van der Waals surface area (Å²) in [7, 11) is 0. The Bertz CT molecular complexity index is 325. The van der Waals surface area contributed by atoms with Gasteiger partial charge in [0.15, 0.2) is 0 Å². The molecular weight excluding hydrogens is 254 g/mol. The highest BCUT2D eigenvalue weighted by atomic mass is 79.9. The van der Waals surface area contributed by atoms with E-state index in [1.165, 1.54) is 0 Å². The van der Waals surface area contributed by atoms with E-state index < -0.39 is 0 Å². The molecule has 15 heavy (non-hydrogen) atoms. The molecule has 1 atom stereocenters. The first-order chi connectivity index (χ1) is 6.99. The molecule has 0 amide bonds. The van der Waals surface area contributed by atoms with Crippen molar-refractivity contribution in [1.82, 2.24) is 0 Å². The predicted octanol–water partition coefficient (Wildman–Crippen LogP) is 3.84. The van der Waals surface area contributed by atoms with E-state index in [1.807, 2.05) is 18.2 Å². The Morgan fingerprint density at radius 1 is 1.33 bits per heavy atom. The quantitative estimate of drug-likeness (QED) is 0.845. The molecule has 1 aromatic rings. The van der Waals surface area contributed by atoms with E-state index in [-0.39, 0.29) is 6.10 Å². The van der Waals surface area contributed by atoms with Crippen molar-refractivity contribution < 1.29 is 4.74 Å². The van der Waals surface area contributed by atoms with E-state index in [0.717, 1.165) is 16.6 Å². The number of anilines is 1. The summed E-state index contributed by atoms with van der Waals surface area (Å²) in [6, 6.07) is 5.70. The first kappa shape index (κ1) is 12.4. The molecule has 3 heteroatoms. The minimum absolute atomic E-state index is 0.202. The van der Waals surface area contributed by atoms with Crippen LogP contribution >= 0.6 is 15.9 Å². The highest BCUT2D eigenvalue weighted by Gasteiger charge is 2.08. The van der Waals surface area contributed by atoms with Crippen molar-refractivity contribution in [2.24, 2.45) is 5.92 Å². The zero-order valence-electron chi connectivity index (χ0n) is 9.46. The Kier molecular flexibility index (Phi) is 4.45. The van der Waals surface area contributed by atoms with Crippen molar-refractivity contribution in [1.29, 1.82) is 0 Å². The summed E-state index contributed by atoms with van der Waals surface area (Å²) in [5.74, 6) is 1.41. The number of nitrogens with two attached hydrogens (primary N) is 1. The fourth-order valence-electron chi connectivity index (χ4n) is 1.56. The highest BCUT2D eigenvalue weighted by Crippen LogP contribution is 2.26. The topological polar surface area (TPSA) is 35.2 Å². The van der Waals surface area contributed by atoms with Crippen molar-refractivity contribution >= 4 is 21.6 Å². The van der Waals surface area contributed by atoms with Crippen LogP contribution in [0.1, 0.15) is 27.2 Å². The number of rotatable bonds is 4. The summed E-state index contributed by atoms with van der Waals surface area (Å²) in [5.41, 5.74) is 6.53. The van der Waals surface area contributed by atoms with Gasteiger partial charge in [-0.05, 0) is 37.5 Å². The van der Waals surface area contributed by atoms with Gasteiger partial charge in [0.1, 0.15) is 5.75 Å². The van der Waals surface area contributed by atoms with Gasteiger partial charge in [-0.25, -0.2) is 0 Å². The van der Waals surface area contributed by atoms with Gasteiger partial charge in [0, 0.05) is 4.47 Å². The fourth-order valence-corrected chi connectivity index (χ4v) is 1.93. The predicted molar refractivity (Wildman–Crippen MR) is 68.1 cm³/mol. The molecule has 2 nitrogen and oxygen atoms in total. The van der Waals surface area contributed by atoms with Gasteiger partial charge in [0.05, 0.1) is 11.8 Å². The molecule has 0 heterocycles. The van der Waals surface area contributed by atoms with Gasteiger partial charge >= 0.3 is 0 Å². The third-order valence-corrected chi connectivity index (χ3v) is 2.60. The molecule has 0 aliphatic carbocycles. The first-order valence-corrected chi connectivity index (χ1v) is 6.00. The van der Waals surface area contributed by atoms with E-state index in [2.05, 4.69) is 36.7 Å². The maximum atomic E-state index is 5.85. The van der Waals surface area contributed by atoms with Crippen LogP contribution in [0.25, 0.3) is 0 Å². The van der Waals surface area contributed by atoms with Gasteiger partial charge in [0.25, 0.3) is 0 Å². The van der Waals surface area contributed by atoms with Crippen LogP contribution < -0.4 is 10.5 Å². The number of halogens is 1. The van der Waals surface area contributed by atoms with Crippen LogP contribution in [-0.4, -0.2) is 6.10 Å². The minimum Gasteiger partial charge on any atom is -0.489 e. The van der Waals surface area contributed by atoms with Crippen LogP contribution in [0.3, 0.4) is 0 Å². The summed E-state index contributed by atoms with van der Waals surface area (Å²) < 4.78 is 6.74. The van der Waals surface area contributed by atoms with Crippen molar-refractivity contribution in [2.75, 3.05) is 5.73 Å². The third-order valence-electron chi connectivity index (χ3n) is 2.10. The van der Waals surface area contributed by atoms with Gasteiger partial charge in [0.2, 0.25) is 0 Å². The molecule has 1 rings (SSSR count). The highest BCUT2D eigenvalue weighted by molar-refractivity contribution is 9.10. The van der Waals surface area contributed by atoms with E-state index in [9.17, 15) is 0 Å². The second kappa shape index (κ2) is 5.40. The summed E-state index contributed by atoms with van der Waals surface area (Å²) in [5, 5.41) is 0. The monoisotopic (exact) mass is 271 g/mol. The van der Waals surface area contributed by atoms with Gasteiger partial charge < -0.3 is 10.5 Å². The normalized spacial score (nSPS) is 12.9. The molecule has 0 aliphatic heterocycles. The van der Waals surface area contributed by atoms with Crippen molar-refractivity contribution in [3.63, 3.8) is 0 Å². The Hall–Kier alpha value is -0.700. The molecule has 1 unspecified atom stereocenters. The van der Waals surface area contributed by atoms with E-state index >= 15 is 0 Å². The molecule has 0 saturated heterocycles. The molecule has 0 aromatic heterocycles. The summed E-state index contributed by atoms with van der Waals surface area (Å²) in [6.45, 7) is 6.44. The third kappa shape index (κ3) is 4.12. The molecule has 1 aromatic carbocycles. The fraction of sp³-hybridized carbons (Fsp3) is 0.500. The zero-order chi connectivity index (χ0) is 11.4. The summed E-state index contributed by atoms with van der Waals surface area (Å²) >= 11 is 3.37. The molecule has 0 bridgehead atoms. The SMILES string of the molecule is CC(C)CC(C)Oc1ccc(Br)cc1N. The van der Waals surface area contributed by atoms with Gasteiger partial charge in [-0.2, -0.15) is 0 Å². The molecular formula is C12H18BrNO. The Labute approximate surface area is 99.9 Å². The lowest BCUT2D eigenvalue weighted by atomic mass is 10.1. The zero-order valence-corrected chi connectivity index (χ0v) is 11.0. The second-order valence-corrected chi connectivity index (χ2v) is 5.16. The molecule has 0 aliphatic rings. The smallest absolute Gasteiger partial charge is 0.142 e. The van der Waals surface area contributed by atoms with E-state index in [0.29, 0.717) is 11.6 Å². The lowest BCUT2D eigenvalue weighted by Gasteiger charge is -2.17. The van der Waals surface area contributed by atoms with Crippen molar-refractivity contribution in [3.05, 3.63) is 22.7 Å². The Morgan fingerprint density at radius 2 is 2.00 bits per heavy atom. The van der Waals surface area contributed by atoms with Crippen LogP contribution in [-0.2, 0) is 0 Å². The lowest BCUT2D eigenvalue weighted by molar-refractivity contribution is 0.194. The van der Waals surface area contributed by atoms with Crippen molar-refractivity contribution in [2.45, 2.75) is 33.3 Å². The molecule has 2 N–H and O–H groups in total. The number of benzene rings is 1.